The molecule has 0 radical (unpaired) electrons. The van der Waals surface area contributed by atoms with Gasteiger partial charge in [-0.15, -0.1) is 0 Å². The van der Waals surface area contributed by atoms with Crippen LogP contribution in [0.3, 0.4) is 0 Å². The maximum Gasteiger partial charge on any atom is 0.227 e. The lowest BCUT2D eigenvalue weighted by Gasteiger charge is -2.41. The smallest absolute Gasteiger partial charge is 0.227 e. The maximum atomic E-state index is 12.8. The van der Waals surface area contributed by atoms with Crippen LogP contribution in [0.25, 0.3) is 0 Å². The summed E-state index contributed by atoms with van der Waals surface area (Å²) in [5, 5.41) is 0. The zero-order valence-electron chi connectivity index (χ0n) is 15.5. The first-order valence-electron chi connectivity index (χ1n) is 9.96. The van der Waals surface area contributed by atoms with Crippen LogP contribution in [0.2, 0.25) is 0 Å². The van der Waals surface area contributed by atoms with Crippen molar-refractivity contribution >= 4 is 5.91 Å². The first kappa shape index (κ1) is 18.2. The Bertz CT molecular complexity index is 565. The summed E-state index contributed by atoms with van der Waals surface area (Å²) >= 11 is 0. The number of benzene rings is 1. The minimum atomic E-state index is 0.250. The van der Waals surface area contributed by atoms with Crippen LogP contribution in [-0.4, -0.2) is 35.5 Å². The topological polar surface area (TPSA) is 55.6 Å². The molecule has 0 unspecified atom stereocenters. The number of carbonyl (C=O) groups excluding carboxylic acids is 1. The van der Waals surface area contributed by atoms with Gasteiger partial charge in [0.05, 0.1) is 13.0 Å². The number of unbranched alkanes of at least 4 members (excludes halogenated alkanes) is 3. The number of carbonyl (C=O) groups is 1. The van der Waals surface area contributed by atoms with Gasteiger partial charge in [-0.1, -0.05) is 38.3 Å². The molecule has 4 nitrogen and oxygen atoms in total. The molecule has 0 bridgehead atoms. The minimum Gasteiger partial charge on any atom is -0.494 e. The van der Waals surface area contributed by atoms with E-state index in [1.807, 2.05) is 24.3 Å². The van der Waals surface area contributed by atoms with Crippen LogP contribution in [-0.2, 0) is 11.2 Å². The number of nitrogens with zero attached hydrogens (tertiary/aromatic N) is 1. The molecule has 0 spiro atoms. The predicted molar refractivity (Wildman–Crippen MR) is 101 cm³/mol. The zero-order chi connectivity index (χ0) is 17.6. The molecular weight excluding hydrogens is 312 g/mol. The summed E-state index contributed by atoms with van der Waals surface area (Å²) < 4.78 is 5.85. The van der Waals surface area contributed by atoms with Gasteiger partial charge in [-0.2, -0.15) is 0 Å². The largest absolute Gasteiger partial charge is 0.494 e. The number of amides is 1. The van der Waals surface area contributed by atoms with Gasteiger partial charge in [-0.25, -0.2) is 0 Å². The zero-order valence-corrected chi connectivity index (χ0v) is 15.5. The van der Waals surface area contributed by atoms with Crippen LogP contribution >= 0.6 is 0 Å². The van der Waals surface area contributed by atoms with Crippen LogP contribution in [0.1, 0.15) is 63.9 Å². The quantitative estimate of drug-likeness (QED) is 0.659. The van der Waals surface area contributed by atoms with Crippen LogP contribution in [0.4, 0.5) is 0 Å². The van der Waals surface area contributed by atoms with E-state index in [1.165, 1.54) is 19.3 Å². The van der Waals surface area contributed by atoms with Crippen LogP contribution in [0.5, 0.6) is 5.75 Å². The standard InChI is InChI=1S/C21H32N2O2/c1-2-3-4-5-11-25-20-8-6-7-16(12-20)13-21(24)23(18-9-10-18)19-14-17(22)15-19/h6-8,12,17-19H,2-5,9-11,13-15,22H2,1H3. The molecule has 3 rings (SSSR count). The highest BCUT2D eigenvalue weighted by molar-refractivity contribution is 5.80. The predicted octanol–water partition coefficient (Wildman–Crippen LogP) is 3.67. The van der Waals surface area contributed by atoms with Crippen molar-refractivity contribution in [1.29, 1.82) is 0 Å². The van der Waals surface area contributed by atoms with E-state index in [0.29, 0.717) is 18.5 Å². The van der Waals surface area contributed by atoms with Crippen molar-refractivity contribution in [3.05, 3.63) is 29.8 Å². The highest BCUT2D eigenvalue weighted by atomic mass is 16.5. The van der Waals surface area contributed by atoms with Gasteiger partial charge in [-0.3, -0.25) is 4.79 Å². The lowest BCUT2D eigenvalue weighted by atomic mass is 9.86. The molecule has 0 aliphatic heterocycles. The summed E-state index contributed by atoms with van der Waals surface area (Å²) in [5.74, 6) is 1.13. The minimum absolute atomic E-state index is 0.250. The highest BCUT2D eigenvalue weighted by Crippen LogP contribution is 2.35. The lowest BCUT2D eigenvalue weighted by molar-refractivity contribution is -0.135. The molecule has 1 aromatic carbocycles. The fourth-order valence-electron chi connectivity index (χ4n) is 3.65. The first-order valence-corrected chi connectivity index (χ1v) is 9.96. The third-order valence-corrected chi connectivity index (χ3v) is 5.29. The number of hydrogen-bond acceptors (Lipinski definition) is 3. The average Bonchev–Trinajstić information content (AvgIpc) is 3.38. The second-order valence-electron chi connectivity index (χ2n) is 7.65. The molecule has 1 aromatic rings. The molecule has 2 aliphatic rings. The number of nitrogens with two attached hydrogens (primary N) is 1. The van der Waals surface area contributed by atoms with Crippen LogP contribution in [0.15, 0.2) is 24.3 Å². The van der Waals surface area contributed by atoms with Crippen molar-refractivity contribution in [2.45, 2.75) is 82.8 Å². The Kier molecular flexibility index (Phi) is 6.35. The summed E-state index contributed by atoms with van der Waals surface area (Å²) in [6.45, 7) is 2.97. The van der Waals surface area contributed by atoms with Crippen LogP contribution in [0, 0.1) is 0 Å². The molecule has 2 fully saturated rings. The molecule has 0 aromatic heterocycles. The highest BCUT2D eigenvalue weighted by Gasteiger charge is 2.41. The van der Waals surface area contributed by atoms with E-state index in [4.69, 9.17) is 10.5 Å². The van der Waals surface area contributed by atoms with E-state index in [1.54, 1.807) is 0 Å². The lowest BCUT2D eigenvalue weighted by Crippen LogP contribution is -2.54. The molecule has 1 amide bonds. The summed E-state index contributed by atoms with van der Waals surface area (Å²) in [7, 11) is 0. The average molecular weight is 344 g/mol. The van der Waals surface area contributed by atoms with Crippen LogP contribution < -0.4 is 10.5 Å². The van der Waals surface area contributed by atoms with Gasteiger partial charge in [0.25, 0.3) is 0 Å². The van der Waals surface area contributed by atoms with Crippen molar-refractivity contribution in [1.82, 2.24) is 4.90 Å². The maximum absolute atomic E-state index is 12.8. The summed E-state index contributed by atoms with van der Waals surface area (Å²) in [4.78, 5) is 14.9. The molecule has 0 atom stereocenters. The number of hydrogen-bond donors (Lipinski definition) is 1. The summed E-state index contributed by atoms with van der Waals surface area (Å²) in [6.07, 6.45) is 9.50. The van der Waals surface area contributed by atoms with Gasteiger partial charge in [0, 0.05) is 18.1 Å². The molecule has 2 saturated carbocycles. The Morgan fingerprint density at radius 3 is 2.68 bits per heavy atom. The Labute approximate surface area is 151 Å². The van der Waals surface area contributed by atoms with Gasteiger partial charge < -0.3 is 15.4 Å². The van der Waals surface area contributed by atoms with Gasteiger partial charge >= 0.3 is 0 Å². The Morgan fingerprint density at radius 1 is 1.20 bits per heavy atom. The third kappa shape index (κ3) is 5.21. The fraction of sp³-hybridized carbons (Fsp3) is 0.667. The fourth-order valence-corrected chi connectivity index (χ4v) is 3.65. The first-order chi connectivity index (χ1) is 12.2. The second-order valence-corrected chi connectivity index (χ2v) is 7.65. The molecular formula is C21H32N2O2. The van der Waals surface area contributed by atoms with Crippen molar-refractivity contribution in [3.63, 3.8) is 0 Å². The SMILES string of the molecule is CCCCCCOc1cccc(CC(=O)N(C2CC2)C2CC(N)C2)c1. The summed E-state index contributed by atoms with van der Waals surface area (Å²) in [6, 6.07) is 9.14. The molecule has 4 heteroatoms. The van der Waals surface area contributed by atoms with E-state index < -0.39 is 0 Å². The van der Waals surface area contributed by atoms with Gasteiger partial charge in [-0.05, 0) is 49.8 Å². The normalized spacial score (nSPS) is 22.3. The van der Waals surface area contributed by atoms with Gasteiger partial charge in [0.1, 0.15) is 5.75 Å². The van der Waals surface area contributed by atoms with Gasteiger partial charge in [0.2, 0.25) is 5.91 Å². The molecule has 0 heterocycles. The van der Waals surface area contributed by atoms with Crippen molar-refractivity contribution in [3.8, 4) is 5.75 Å². The molecule has 0 saturated heterocycles. The Balaban J connectivity index is 1.51. The van der Waals surface area contributed by atoms with E-state index in [9.17, 15) is 4.79 Å². The number of rotatable bonds is 10. The van der Waals surface area contributed by atoms with E-state index in [0.717, 1.165) is 50.0 Å². The van der Waals surface area contributed by atoms with E-state index in [-0.39, 0.29) is 11.9 Å². The second kappa shape index (κ2) is 8.70. The van der Waals surface area contributed by atoms with Gasteiger partial charge in [0.15, 0.2) is 0 Å². The van der Waals surface area contributed by atoms with E-state index >= 15 is 0 Å². The van der Waals surface area contributed by atoms with Crippen molar-refractivity contribution in [2.24, 2.45) is 5.73 Å². The third-order valence-electron chi connectivity index (χ3n) is 5.29. The van der Waals surface area contributed by atoms with E-state index in [2.05, 4.69) is 11.8 Å². The number of ether oxygens (including phenoxy) is 1. The monoisotopic (exact) mass is 344 g/mol. The molecule has 25 heavy (non-hydrogen) atoms. The Morgan fingerprint density at radius 2 is 2.00 bits per heavy atom. The summed E-state index contributed by atoms with van der Waals surface area (Å²) in [5.41, 5.74) is 6.97. The van der Waals surface area contributed by atoms with Crippen molar-refractivity contribution < 1.29 is 9.53 Å². The molecule has 2 N–H and O–H groups in total. The molecule has 2 aliphatic carbocycles. The molecule has 138 valence electrons. The van der Waals surface area contributed by atoms with Crippen molar-refractivity contribution in [2.75, 3.05) is 6.61 Å². The Hall–Kier alpha value is -1.55.